The third kappa shape index (κ3) is 1.86. The van der Waals surface area contributed by atoms with Crippen LogP contribution in [0.3, 0.4) is 0 Å². The number of carboxylic acids is 1. The molecule has 0 heterocycles. The molecule has 0 amide bonds. The monoisotopic (exact) mass is 261 g/mol. The maximum absolute atomic E-state index is 11.3. The number of carboxylic acid groups (broad SMARTS) is 1. The van der Waals surface area contributed by atoms with Crippen molar-refractivity contribution in [3.63, 3.8) is 0 Å². The van der Waals surface area contributed by atoms with Gasteiger partial charge in [0.1, 0.15) is 0 Å². The molecule has 4 rings (SSSR count). The van der Waals surface area contributed by atoms with Crippen LogP contribution in [0.15, 0.2) is 11.6 Å². The topological polar surface area (TPSA) is 37.3 Å². The van der Waals surface area contributed by atoms with Gasteiger partial charge in [-0.2, -0.15) is 0 Å². The number of rotatable bonds is 3. The van der Waals surface area contributed by atoms with Crippen LogP contribution in [0.25, 0.3) is 0 Å². The lowest BCUT2D eigenvalue weighted by Crippen LogP contribution is -2.53. The second-order valence-corrected chi connectivity index (χ2v) is 7.37. The number of aliphatic carboxylic acids is 1. The molecule has 19 heavy (non-hydrogen) atoms. The molecule has 105 valence electrons. The third-order valence-corrected chi connectivity index (χ3v) is 6.01. The first-order chi connectivity index (χ1) is 8.93. The van der Waals surface area contributed by atoms with Crippen LogP contribution in [0.1, 0.15) is 52.9 Å². The molecule has 2 heteroatoms. The van der Waals surface area contributed by atoms with Crippen molar-refractivity contribution in [2.45, 2.75) is 52.9 Å². The lowest BCUT2D eigenvalue weighted by atomic mass is 9.42. The minimum Gasteiger partial charge on any atom is -0.478 e. The Morgan fingerprint density at radius 2 is 1.84 bits per heavy atom. The molecule has 4 bridgehead atoms. The molecule has 2 nitrogen and oxygen atoms in total. The fourth-order valence-electron chi connectivity index (χ4n) is 5.40. The van der Waals surface area contributed by atoms with Gasteiger partial charge in [-0.1, -0.05) is 19.9 Å². The van der Waals surface area contributed by atoms with Crippen LogP contribution in [-0.4, -0.2) is 11.1 Å². The Bertz CT molecular complexity index is 391. The zero-order valence-electron chi connectivity index (χ0n) is 12.3. The van der Waals surface area contributed by atoms with Gasteiger partial charge in [-0.25, -0.2) is 4.79 Å². The van der Waals surface area contributed by atoms with Gasteiger partial charge in [0.15, 0.2) is 0 Å². The molecular weight excluding hydrogens is 236 g/mol. The van der Waals surface area contributed by atoms with Gasteiger partial charge in [-0.3, -0.25) is 0 Å². The summed E-state index contributed by atoms with van der Waals surface area (Å²) in [6, 6.07) is 0. The van der Waals surface area contributed by atoms with Gasteiger partial charge in [0.05, 0.1) is 0 Å². The smallest absolute Gasteiger partial charge is 0.330 e. The van der Waals surface area contributed by atoms with Crippen LogP contribution < -0.4 is 0 Å². The van der Waals surface area contributed by atoms with Crippen molar-refractivity contribution in [3.05, 3.63) is 17.6 Å². The van der Waals surface area contributed by atoms with Crippen LogP contribution in [0.2, 0.25) is 0 Å². The molecule has 0 spiro atoms. The maximum Gasteiger partial charge on any atom is 0.330 e. The summed E-state index contributed by atoms with van der Waals surface area (Å²) in [7, 11) is 0. The summed E-state index contributed by atoms with van der Waals surface area (Å²) in [4.78, 5) is 11.3. The molecule has 4 saturated carbocycles. The molecule has 4 fully saturated rings. The van der Waals surface area contributed by atoms with Crippen LogP contribution in [0.5, 0.6) is 0 Å². The minimum atomic E-state index is -0.755. The van der Waals surface area contributed by atoms with E-state index in [1.807, 2.05) is 0 Å². The summed E-state index contributed by atoms with van der Waals surface area (Å²) in [5.74, 6) is 3.93. The molecular formula is C17H25O2. The van der Waals surface area contributed by atoms with Crippen molar-refractivity contribution in [1.82, 2.24) is 0 Å². The van der Waals surface area contributed by atoms with Gasteiger partial charge in [0.25, 0.3) is 0 Å². The van der Waals surface area contributed by atoms with Crippen molar-refractivity contribution >= 4 is 5.97 Å². The first kappa shape index (κ1) is 13.2. The molecule has 0 aromatic carbocycles. The number of hydrogen-bond donors (Lipinski definition) is 1. The molecule has 0 aliphatic heterocycles. The summed E-state index contributed by atoms with van der Waals surface area (Å²) in [6.07, 6.45) is 8.71. The van der Waals surface area contributed by atoms with Crippen LogP contribution in [0, 0.1) is 35.0 Å². The van der Waals surface area contributed by atoms with Gasteiger partial charge >= 0.3 is 5.97 Å². The Balaban J connectivity index is 2.02. The lowest BCUT2D eigenvalue weighted by Gasteiger charge is -2.62. The van der Waals surface area contributed by atoms with Crippen LogP contribution in [0.4, 0.5) is 0 Å². The quantitative estimate of drug-likeness (QED) is 0.777. The Labute approximate surface area is 116 Å². The third-order valence-electron chi connectivity index (χ3n) is 6.01. The first-order valence-electron chi connectivity index (χ1n) is 7.71. The van der Waals surface area contributed by atoms with Gasteiger partial charge in [0.2, 0.25) is 0 Å². The van der Waals surface area contributed by atoms with Gasteiger partial charge in [-0.05, 0) is 68.6 Å². The van der Waals surface area contributed by atoms with Crippen LogP contribution in [-0.2, 0) is 4.79 Å². The Morgan fingerprint density at radius 1 is 1.26 bits per heavy atom. The van der Waals surface area contributed by atoms with E-state index >= 15 is 0 Å². The summed E-state index contributed by atoms with van der Waals surface area (Å²) in [6.45, 7) is 6.32. The predicted octanol–water partition coefficient (Wildman–Crippen LogP) is 4.07. The van der Waals surface area contributed by atoms with E-state index in [0.717, 1.165) is 11.8 Å². The van der Waals surface area contributed by atoms with Gasteiger partial charge < -0.3 is 5.11 Å². The normalized spacial score (nSPS) is 42.1. The Morgan fingerprint density at radius 3 is 2.26 bits per heavy atom. The summed E-state index contributed by atoms with van der Waals surface area (Å²) in [5, 5.41) is 9.26. The van der Waals surface area contributed by atoms with E-state index in [4.69, 9.17) is 0 Å². The van der Waals surface area contributed by atoms with E-state index in [1.54, 1.807) is 12.8 Å². The Hall–Kier alpha value is -0.790. The molecule has 4 aliphatic rings. The summed E-state index contributed by atoms with van der Waals surface area (Å²) >= 11 is 0. The number of allylic oxidation sites excluding steroid dienone is 1. The van der Waals surface area contributed by atoms with E-state index in [1.165, 1.54) is 32.1 Å². The molecule has 1 N–H and O–H groups in total. The van der Waals surface area contributed by atoms with Crippen molar-refractivity contribution < 1.29 is 9.90 Å². The van der Waals surface area contributed by atoms with Crippen molar-refractivity contribution in [1.29, 1.82) is 0 Å². The predicted molar refractivity (Wildman–Crippen MR) is 75.5 cm³/mol. The van der Waals surface area contributed by atoms with E-state index < -0.39 is 5.97 Å². The highest BCUT2D eigenvalue weighted by molar-refractivity contribution is 5.86. The fourth-order valence-corrected chi connectivity index (χ4v) is 5.40. The standard InChI is InChI=1S/C17H25O2/c1-10(2)17(9-11(3)16(18)19)14-5-12-4-13(7-14)8-15(17)6-12/h9-10,12-14H,4-8H2,1-3H3,(H,18,19). The minimum absolute atomic E-state index is 0.0793. The second kappa shape index (κ2) is 4.36. The molecule has 0 aromatic heterocycles. The lowest BCUT2D eigenvalue weighted by molar-refractivity contribution is -0.132. The maximum atomic E-state index is 11.3. The molecule has 1 radical (unpaired) electrons. The zero-order chi connectivity index (χ0) is 13.8. The molecule has 0 aromatic rings. The van der Waals surface area contributed by atoms with E-state index in [9.17, 15) is 9.90 Å². The second-order valence-electron chi connectivity index (χ2n) is 7.37. The number of hydrogen-bond acceptors (Lipinski definition) is 1. The van der Waals surface area contributed by atoms with E-state index in [-0.39, 0.29) is 5.41 Å². The first-order valence-corrected chi connectivity index (χ1v) is 7.71. The highest BCUT2D eigenvalue weighted by Gasteiger charge is 2.57. The average Bonchev–Trinajstić information content (AvgIpc) is 2.32. The Kier molecular flexibility index (Phi) is 3.03. The molecule has 4 aliphatic carbocycles. The van der Waals surface area contributed by atoms with Crippen LogP contribution >= 0.6 is 0 Å². The highest BCUT2D eigenvalue weighted by Crippen LogP contribution is 2.66. The molecule has 3 atom stereocenters. The summed E-state index contributed by atoms with van der Waals surface area (Å²) < 4.78 is 0. The van der Waals surface area contributed by atoms with Gasteiger partial charge in [-0.15, -0.1) is 0 Å². The van der Waals surface area contributed by atoms with Crippen molar-refractivity contribution in [2.24, 2.45) is 29.1 Å². The SMILES string of the molecule is CC(=CC1(C(C)C)[C]2CC3CC(C2)CC1C3)C(=O)O. The number of carbonyl (C=O) groups is 1. The zero-order valence-corrected chi connectivity index (χ0v) is 12.3. The summed E-state index contributed by atoms with van der Waals surface area (Å²) in [5.41, 5.74) is 0.615. The van der Waals surface area contributed by atoms with Gasteiger partial charge in [0, 0.05) is 11.0 Å². The largest absolute Gasteiger partial charge is 0.478 e. The molecule has 3 unspecified atom stereocenters. The van der Waals surface area contributed by atoms with E-state index in [2.05, 4.69) is 19.9 Å². The van der Waals surface area contributed by atoms with Crippen molar-refractivity contribution in [3.8, 4) is 0 Å². The average molecular weight is 261 g/mol. The van der Waals surface area contributed by atoms with Crippen molar-refractivity contribution in [2.75, 3.05) is 0 Å². The fraction of sp³-hybridized carbons (Fsp3) is 0.765. The highest BCUT2D eigenvalue weighted by atomic mass is 16.4. The van der Waals surface area contributed by atoms with E-state index in [0.29, 0.717) is 17.4 Å². The molecule has 0 saturated heterocycles.